The number of nitrogens with two attached hydrogens (primary N) is 1. The van der Waals surface area contributed by atoms with Crippen molar-refractivity contribution in [3.63, 3.8) is 0 Å². The van der Waals surface area contributed by atoms with Gasteiger partial charge in [-0.05, 0) is 48.0 Å². The Kier molecular flexibility index (Phi) is 6.86. The highest BCUT2D eigenvalue weighted by atomic mass is 16.5. The van der Waals surface area contributed by atoms with Gasteiger partial charge in [0.15, 0.2) is 17.3 Å². The minimum Gasteiger partial charge on any atom is -0.493 e. The van der Waals surface area contributed by atoms with Gasteiger partial charge in [-0.1, -0.05) is 18.7 Å². The van der Waals surface area contributed by atoms with Gasteiger partial charge in [0.1, 0.15) is 18.5 Å². The zero-order chi connectivity index (χ0) is 24.8. The Labute approximate surface area is 200 Å². The molecule has 178 valence electrons. The van der Waals surface area contributed by atoms with Crippen LogP contribution in [0.3, 0.4) is 0 Å². The fourth-order valence-corrected chi connectivity index (χ4v) is 3.36. The van der Waals surface area contributed by atoms with Gasteiger partial charge < -0.3 is 20.5 Å². The molecule has 0 spiro atoms. The second kappa shape index (κ2) is 10.3. The zero-order valence-electron chi connectivity index (χ0n) is 18.9. The number of nitrogens with zero attached hydrogens (tertiary/aromatic N) is 4. The van der Waals surface area contributed by atoms with E-state index in [1.54, 1.807) is 55.7 Å². The van der Waals surface area contributed by atoms with Gasteiger partial charge in [0.25, 0.3) is 5.95 Å². The van der Waals surface area contributed by atoms with Crippen LogP contribution in [0.25, 0.3) is 5.95 Å². The van der Waals surface area contributed by atoms with Crippen molar-refractivity contribution in [3.05, 3.63) is 101 Å². The first-order valence-corrected chi connectivity index (χ1v) is 10.6. The van der Waals surface area contributed by atoms with Crippen LogP contribution in [0.2, 0.25) is 0 Å². The average Bonchev–Trinajstić information content (AvgIpc) is 3.27. The summed E-state index contributed by atoms with van der Waals surface area (Å²) in [5.41, 5.74) is 7.14. The summed E-state index contributed by atoms with van der Waals surface area (Å²) in [5, 5.41) is 15.4. The lowest BCUT2D eigenvalue weighted by molar-refractivity contribution is 0.326. The second-order valence-electron chi connectivity index (χ2n) is 7.35. The molecule has 0 amide bonds. The van der Waals surface area contributed by atoms with Gasteiger partial charge in [-0.15, -0.1) is 9.78 Å². The molecule has 2 aromatic carbocycles. The Bertz CT molecular complexity index is 1380. The normalized spacial score (nSPS) is 11.5. The van der Waals surface area contributed by atoms with Crippen LogP contribution in [0.1, 0.15) is 23.0 Å². The lowest BCUT2D eigenvalue weighted by Gasteiger charge is -2.20. The van der Waals surface area contributed by atoms with Gasteiger partial charge in [0, 0.05) is 23.6 Å². The molecule has 0 aliphatic carbocycles. The van der Waals surface area contributed by atoms with E-state index in [1.807, 2.05) is 6.07 Å². The molecular weight excluding hydrogens is 448 g/mol. The fourth-order valence-electron chi connectivity index (χ4n) is 3.36. The maximum absolute atomic E-state index is 12.7. The lowest BCUT2D eigenvalue weighted by atomic mass is 10.0. The quantitative estimate of drug-likeness (QED) is 0.156. The predicted molar refractivity (Wildman–Crippen MR) is 131 cm³/mol. The number of aromatic amines is 1. The van der Waals surface area contributed by atoms with Crippen LogP contribution in [0.4, 0.5) is 5.69 Å². The Morgan fingerprint density at radius 1 is 1.23 bits per heavy atom. The number of hydrogen-bond donors (Lipinski definition) is 4. The molecule has 0 saturated heterocycles. The van der Waals surface area contributed by atoms with Crippen LogP contribution in [-0.2, 0) is 0 Å². The monoisotopic (exact) mass is 472 g/mol. The minimum atomic E-state index is -0.590. The summed E-state index contributed by atoms with van der Waals surface area (Å²) in [6, 6.07) is 13.5. The van der Waals surface area contributed by atoms with E-state index in [-0.39, 0.29) is 11.8 Å². The molecule has 1 atom stereocenters. The Balaban J connectivity index is 1.78. The molecular formula is C24H24N8O3. The summed E-state index contributed by atoms with van der Waals surface area (Å²) in [6.45, 7) is 3.98. The molecule has 2 heterocycles. The molecule has 0 aliphatic rings. The van der Waals surface area contributed by atoms with Crippen LogP contribution in [-0.4, -0.2) is 44.3 Å². The molecule has 0 aliphatic heterocycles. The van der Waals surface area contributed by atoms with Crippen molar-refractivity contribution in [2.45, 2.75) is 6.04 Å². The van der Waals surface area contributed by atoms with E-state index in [9.17, 15) is 4.79 Å². The number of H-pyrrole nitrogens is 1. The lowest BCUT2D eigenvalue weighted by Crippen LogP contribution is -2.18. The molecule has 2 aromatic heterocycles. The van der Waals surface area contributed by atoms with E-state index < -0.39 is 11.7 Å². The number of hydrogen-bond acceptors (Lipinski definition) is 8. The Hall–Kier alpha value is -4.93. The summed E-state index contributed by atoms with van der Waals surface area (Å²) in [5.74, 6) is 1.51. The third-order valence-electron chi connectivity index (χ3n) is 5.03. The van der Waals surface area contributed by atoms with Gasteiger partial charge in [0.2, 0.25) is 0 Å². The number of rotatable bonds is 10. The van der Waals surface area contributed by atoms with Crippen molar-refractivity contribution < 1.29 is 9.47 Å². The van der Waals surface area contributed by atoms with Crippen molar-refractivity contribution in [2.75, 3.05) is 19.0 Å². The van der Waals surface area contributed by atoms with Gasteiger partial charge >= 0.3 is 5.69 Å². The molecule has 5 N–H and O–H groups in total. The molecule has 0 bridgehead atoms. The number of nitrogens with one attached hydrogen (secondary N) is 3. The van der Waals surface area contributed by atoms with E-state index in [0.717, 1.165) is 15.9 Å². The van der Waals surface area contributed by atoms with Gasteiger partial charge in [0.05, 0.1) is 7.11 Å². The van der Waals surface area contributed by atoms with E-state index >= 15 is 0 Å². The third kappa shape index (κ3) is 5.19. The maximum atomic E-state index is 12.7. The number of aromatic nitrogens is 5. The molecule has 11 heteroatoms. The molecule has 11 nitrogen and oxygen atoms in total. The van der Waals surface area contributed by atoms with Gasteiger partial charge in [-0.25, -0.2) is 14.8 Å². The van der Waals surface area contributed by atoms with E-state index in [1.165, 1.54) is 12.4 Å². The number of ether oxygens (including phenoxy) is 2. The van der Waals surface area contributed by atoms with E-state index in [4.69, 9.17) is 20.6 Å². The summed E-state index contributed by atoms with van der Waals surface area (Å²) in [6.07, 6.45) is 4.70. The summed E-state index contributed by atoms with van der Waals surface area (Å²) in [7, 11) is 1.56. The van der Waals surface area contributed by atoms with Gasteiger partial charge in [-0.3, -0.25) is 10.4 Å². The highest BCUT2D eigenvalue weighted by Crippen LogP contribution is 2.33. The average molecular weight is 473 g/mol. The molecule has 0 radical (unpaired) electrons. The number of benzene rings is 2. The van der Waals surface area contributed by atoms with Crippen LogP contribution < -0.4 is 26.2 Å². The van der Waals surface area contributed by atoms with Crippen molar-refractivity contribution in [3.8, 4) is 17.4 Å². The summed E-state index contributed by atoms with van der Waals surface area (Å²) in [4.78, 5) is 23.7. The third-order valence-corrected chi connectivity index (χ3v) is 5.03. The molecule has 0 saturated carbocycles. The van der Waals surface area contributed by atoms with E-state index in [0.29, 0.717) is 29.5 Å². The SMILES string of the molecule is C=CCOc1cc(C(Nc2ccc(C(=N)N)cc2)c2nn(-c3ncccn3)c(=O)[nH]2)ccc1OC. The standard InChI is InChI=1S/C24H24N8O3/c1-3-13-35-19-14-16(7-10-18(19)34-2)20(29-17-8-5-15(6-9-17)21(25)26)22-30-24(33)32(31-22)23-27-11-4-12-28-23/h3-12,14,20,29H,1,13H2,2H3,(H3,25,26)(H,30,31,33). The number of nitrogen functional groups attached to an aromatic ring is 1. The first-order chi connectivity index (χ1) is 17.0. The smallest absolute Gasteiger partial charge is 0.350 e. The maximum Gasteiger partial charge on any atom is 0.350 e. The highest BCUT2D eigenvalue weighted by Gasteiger charge is 2.22. The topological polar surface area (TPSA) is 157 Å². The van der Waals surface area contributed by atoms with Crippen LogP contribution in [0.15, 0.2) is 78.4 Å². The Morgan fingerprint density at radius 3 is 2.63 bits per heavy atom. The van der Waals surface area contributed by atoms with Gasteiger partial charge in [-0.2, -0.15) is 0 Å². The molecule has 1 unspecified atom stereocenters. The zero-order valence-corrected chi connectivity index (χ0v) is 18.9. The summed E-state index contributed by atoms with van der Waals surface area (Å²) >= 11 is 0. The number of anilines is 1. The predicted octanol–water partition coefficient (Wildman–Crippen LogP) is 2.41. The first kappa shape index (κ1) is 23.2. The van der Waals surface area contributed by atoms with E-state index in [2.05, 4.69) is 31.9 Å². The number of amidine groups is 1. The van der Waals surface area contributed by atoms with Crippen molar-refractivity contribution in [1.29, 1.82) is 5.41 Å². The molecule has 35 heavy (non-hydrogen) atoms. The molecule has 0 fully saturated rings. The Morgan fingerprint density at radius 2 is 1.97 bits per heavy atom. The largest absolute Gasteiger partial charge is 0.493 e. The fraction of sp³-hybridized carbons (Fsp3) is 0.125. The summed E-state index contributed by atoms with van der Waals surface area (Å²) < 4.78 is 12.3. The van der Waals surface area contributed by atoms with Crippen LogP contribution in [0, 0.1) is 5.41 Å². The van der Waals surface area contributed by atoms with Crippen LogP contribution >= 0.6 is 0 Å². The van der Waals surface area contributed by atoms with Crippen LogP contribution in [0.5, 0.6) is 11.5 Å². The number of methoxy groups -OCH3 is 1. The molecule has 4 rings (SSSR count). The van der Waals surface area contributed by atoms with Crippen molar-refractivity contribution in [1.82, 2.24) is 24.7 Å². The first-order valence-electron chi connectivity index (χ1n) is 10.6. The van der Waals surface area contributed by atoms with Crippen molar-refractivity contribution >= 4 is 11.5 Å². The second-order valence-corrected chi connectivity index (χ2v) is 7.35. The minimum absolute atomic E-state index is 0.0294. The molecule has 4 aromatic rings. The van der Waals surface area contributed by atoms with Crippen molar-refractivity contribution in [2.24, 2.45) is 5.73 Å². The highest BCUT2D eigenvalue weighted by molar-refractivity contribution is 5.95.